The van der Waals surface area contributed by atoms with Gasteiger partial charge < -0.3 is 14.5 Å². The van der Waals surface area contributed by atoms with Crippen molar-refractivity contribution < 1.29 is 14.4 Å². The van der Waals surface area contributed by atoms with Gasteiger partial charge in [-0.2, -0.15) is 4.98 Å². The number of rotatable bonds is 6. The number of aliphatic hydroxyl groups excluding tert-OH is 1. The van der Waals surface area contributed by atoms with Gasteiger partial charge in [0.15, 0.2) is 5.82 Å². The molecule has 0 radical (unpaired) electrons. The first-order valence-corrected chi connectivity index (χ1v) is 8.34. The van der Waals surface area contributed by atoms with E-state index in [1.165, 1.54) is 0 Å². The van der Waals surface area contributed by atoms with Crippen molar-refractivity contribution >= 4 is 5.91 Å². The maximum atomic E-state index is 12.2. The fourth-order valence-corrected chi connectivity index (χ4v) is 2.57. The second-order valence-electron chi connectivity index (χ2n) is 7.06. The van der Waals surface area contributed by atoms with Gasteiger partial charge in [0, 0.05) is 51.0 Å². The van der Waals surface area contributed by atoms with E-state index >= 15 is 0 Å². The second kappa shape index (κ2) is 7.88. The van der Waals surface area contributed by atoms with Crippen molar-refractivity contribution in [2.75, 3.05) is 39.3 Å². The molecule has 23 heavy (non-hydrogen) atoms. The average Bonchev–Trinajstić information content (AvgIpc) is 2.97. The summed E-state index contributed by atoms with van der Waals surface area (Å²) in [6, 6.07) is 0. The Morgan fingerprint density at radius 2 is 1.96 bits per heavy atom. The van der Waals surface area contributed by atoms with Crippen LogP contribution in [0.3, 0.4) is 0 Å². The highest BCUT2D eigenvalue weighted by Gasteiger charge is 2.22. The van der Waals surface area contributed by atoms with E-state index in [0.717, 1.165) is 32.6 Å². The summed E-state index contributed by atoms with van der Waals surface area (Å²) in [5, 5.41) is 12.9. The van der Waals surface area contributed by atoms with Gasteiger partial charge in [0.05, 0.1) is 6.61 Å². The van der Waals surface area contributed by atoms with E-state index < -0.39 is 0 Å². The maximum absolute atomic E-state index is 12.2. The molecule has 1 aliphatic rings. The van der Waals surface area contributed by atoms with Crippen molar-refractivity contribution in [1.29, 1.82) is 0 Å². The topological polar surface area (TPSA) is 82.7 Å². The molecule has 2 heterocycles. The molecular weight excluding hydrogens is 296 g/mol. The Bertz CT molecular complexity index is 502. The van der Waals surface area contributed by atoms with Gasteiger partial charge in [-0.1, -0.05) is 25.9 Å². The van der Waals surface area contributed by atoms with Crippen LogP contribution in [0.4, 0.5) is 0 Å². The van der Waals surface area contributed by atoms with Gasteiger partial charge in [-0.3, -0.25) is 9.69 Å². The van der Waals surface area contributed by atoms with Crippen molar-refractivity contribution in [3.8, 4) is 0 Å². The van der Waals surface area contributed by atoms with Crippen LogP contribution in [0.5, 0.6) is 0 Å². The third-order valence-corrected chi connectivity index (χ3v) is 4.06. The molecule has 1 saturated heterocycles. The Kier molecular flexibility index (Phi) is 6.12. The number of carbonyl (C=O) groups is 1. The average molecular weight is 324 g/mol. The van der Waals surface area contributed by atoms with Crippen LogP contribution in [-0.4, -0.2) is 70.3 Å². The Morgan fingerprint density at radius 1 is 1.26 bits per heavy atom. The molecule has 0 aliphatic carbocycles. The highest BCUT2D eigenvalue weighted by molar-refractivity contribution is 5.76. The smallest absolute Gasteiger partial charge is 0.226 e. The zero-order valence-electron chi connectivity index (χ0n) is 14.4. The normalized spacial score (nSPS) is 16.8. The lowest BCUT2D eigenvalue weighted by molar-refractivity contribution is -0.133. The lowest BCUT2D eigenvalue weighted by atomic mass is 9.96. The summed E-state index contributed by atoms with van der Waals surface area (Å²) in [6.07, 6.45) is 1.87. The highest BCUT2D eigenvalue weighted by Crippen LogP contribution is 2.19. The van der Waals surface area contributed by atoms with Gasteiger partial charge in [0.2, 0.25) is 11.8 Å². The van der Waals surface area contributed by atoms with Crippen molar-refractivity contribution in [1.82, 2.24) is 19.9 Å². The summed E-state index contributed by atoms with van der Waals surface area (Å²) in [4.78, 5) is 20.7. The third kappa shape index (κ3) is 5.28. The molecule has 1 amide bonds. The first-order chi connectivity index (χ1) is 10.9. The summed E-state index contributed by atoms with van der Waals surface area (Å²) in [6.45, 7) is 10.2. The fourth-order valence-electron chi connectivity index (χ4n) is 2.57. The van der Waals surface area contributed by atoms with E-state index in [1.807, 2.05) is 25.7 Å². The molecule has 0 unspecified atom stereocenters. The zero-order valence-corrected chi connectivity index (χ0v) is 14.4. The molecule has 7 nitrogen and oxygen atoms in total. The zero-order chi connectivity index (χ0) is 16.9. The van der Waals surface area contributed by atoms with Crippen LogP contribution >= 0.6 is 0 Å². The molecule has 0 bridgehead atoms. The predicted octanol–water partition coefficient (Wildman–Crippen LogP) is 0.826. The van der Waals surface area contributed by atoms with E-state index in [-0.39, 0.29) is 17.9 Å². The molecule has 1 aliphatic heterocycles. The van der Waals surface area contributed by atoms with Crippen LogP contribution in [0.1, 0.15) is 45.3 Å². The van der Waals surface area contributed by atoms with E-state index in [2.05, 4.69) is 15.0 Å². The maximum Gasteiger partial charge on any atom is 0.226 e. The quantitative estimate of drug-likeness (QED) is 0.834. The molecule has 0 aromatic carbocycles. The molecule has 130 valence electrons. The molecule has 1 fully saturated rings. The molecule has 1 aromatic heterocycles. The number of piperazine rings is 1. The lowest BCUT2D eigenvalue weighted by Crippen LogP contribution is -2.49. The fraction of sp³-hybridized carbons (Fsp3) is 0.812. The van der Waals surface area contributed by atoms with Gasteiger partial charge in [0.25, 0.3) is 0 Å². The number of aromatic nitrogens is 2. The van der Waals surface area contributed by atoms with Gasteiger partial charge in [-0.15, -0.1) is 0 Å². The van der Waals surface area contributed by atoms with Crippen LogP contribution in [-0.2, 0) is 16.6 Å². The SMILES string of the molecule is CC(C)(C)c1noc(CCCC(=O)N2CCN(CCO)CC2)n1. The van der Waals surface area contributed by atoms with Crippen LogP contribution in [0.2, 0.25) is 0 Å². The molecule has 1 aromatic rings. The van der Waals surface area contributed by atoms with Crippen molar-refractivity contribution in [2.45, 2.75) is 45.4 Å². The molecule has 2 rings (SSSR count). The number of nitrogens with zero attached hydrogens (tertiary/aromatic N) is 4. The van der Waals surface area contributed by atoms with Crippen LogP contribution in [0.25, 0.3) is 0 Å². The van der Waals surface area contributed by atoms with Crippen LogP contribution < -0.4 is 0 Å². The van der Waals surface area contributed by atoms with Crippen molar-refractivity contribution in [3.63, 3.8) is 0 Å². The number of β-amino-alcohol motifs (C(OH)–C–C–N with tert-alkyl or cyclic N) is 1. The number of hydrogen-bond acceptors (Lipinski definition) is 6. The Hall–Kier alpha value is -1.47. The van der Waals surface area contributed by atoms with Gasteiger partial charge >= 0.3 is 0 Å². The standard InChI is InChI=1S/C16H28N4O3/c1-16(2,3)15-17-13(23-18-15)5-4-6-14(22)20-9-7-19(8-10-20)11-12-21/h21H,4-12H2,1-3H3. The lowest BCUT2D eigenvalue weighted by Gasteiger charge is -2.34. The Labute approximate surface area is 137 Å². The van der Waals surface area contributed by atoms with E-state index in [4.69, 9.17) is 9.63 Å². The van der Waals surface area contributed by atoms with Crippen molar-refractivity contribution in [3.05, 3.63) is 11.7 Å². The number of amides is 1. The molecule has 7 heteroatoms. The minimum absolute atomic E-state index is 0.119. The van der Waals surface area contributed by atoms with Crippen molar-refractivity contribution in [2.24, 2.45) is 0 Å². The summed E-state index contributed by atoms with van der Waals surface area (Å²) in [5.41, 5.74) is -0.119. The first-order valence-electron chi connectivity index (χ1n) is 8.34. The van der Waals surface area contributed by atoms with E-state index in [0.29, 0.717) is 31.1 Å². The monoisotopic (exact) mass is 324 g/mol. The minimum atomic E-state index is -0.119. The number of carbonyl (C=O) groups excluding carboxylic acids is 1. The molecule has 1 N–H and O–H groups in total. The predicted molar refractivity (Wildman–Crippen MR) is 86.0 cm³/mol. The van der Waals surface area contributed by atoms with Gasteiger partial charge in [-0.25, -0.2) is 0 Å². The van der Waals surface area contributed by atoms with E-state index in [1.54, 1.807) is 0 Å². The largest absolute Gasteiger partial charge is 0.395 e. The van der Waals surface area contributed by atoms with Gasteiger partial charge in [0.1, 0.15) is 0 Å². The minimum Gasteiger partial charge on any atom is -0.395 e. The Morgan fingerprint density at radius 3 is 2.52 bits per heavy atom. The van der Waals surface area contributed by atoms with Gasteiger partial charge in [-0.05, 0) is 6.42 Å². The Balaban J connectivity index is 1.70. The highest BCUT2D eigenvalue weighted by atomic mass is 16.5. The summed E-state index contributed by atoms with van der Waals surface area (Å²) >= 11 is 0. The third-order valence-electron chi connectivity index (χ3n) is 4.06. The molecule has 0 atom stereocenters. The molecular formula is C16H28N4O3. The number of aliphatic hydroxyl groups is 1. The number of aryl methyl sites for hydroxylation is 1. The summed E-state index contributed by atoms with van der Waals surface area (Å²) in [5.74, 6) is 1.50. The second-order valence-corrected chi connectivity index (χ2v) is 7.06. The van der Waals surface area contributed by atoms with Crippen LogP contribution in [0.15, 0.2) is 4.52 Å². The number of hydrogen-bond donors (Lipinski definition) is 1. The summed E-state index contributed by atoms with van der Waals surface area (Å²) in [7, 11) is 0. The summed E-state index contributed by atoms with van der Waals surface area (Å²) < 4.78 is 5.24. The molecule has 0 spiro atoms. The molecule has 0 saturated carbocycles. The first kappa shape index (κ1) is 17.9. The van der Waals surface area contributed by atoms with E-state index in [9.17, 15) is 4.79 Å². The van der Waals surface area contributed by atoms with Crippen LogP contribution in [0, 0.1) is 0 Å².